The van der Waals surface area contributed by atoms with Crippen molar-refractivity contribution < 1.29 is 9.90 Å². The molecular formula is C10H14N2O3. The molecule has 0 spiro atoms. The van der Waals surface area contributed by atoms with E-state index in [1.54, 1.807) is 6.92 Å². The molecule has 0 unspecified atom stereocenters. The van der Waals surface area contributed by atoms with Crippen LogP contribution in [-0.4, -0.2) is 20.6 Å². The van der Waals surface area contributed by atoms with Gasteiger partial charge in [-0.2, -0.15) is 0 Å². The van der Waals surface area contributed by atoms with Gasteiger partial charge in [-0.25, -0.2) is 9.78 Å². The molecule has 0 aliphatic heterocycles. The Bertz CT molecular complexity index is 423. The standard InChI is InChI=1S/C10H14N2O3/c1-3-5-8-11-6-7(10(14)15)9(13)12(8)4-2/h6H,3-5H2,1-2H3,(H,14,15). The molecular weight excluding hydrogens is 196 g/mol. The smallest absolute Gasteiger partial charge is 0.342 e. The van der Waals surface area contributed by atoms with E-state index in [-0.39, 0.29) is 5.56 Å². The summed E-state index contributed by atoms with van der Waals surface area (Å²) in [7, 11) is 0. The van der Waals surface area contributed by atoms with Crippen LogP contribution < -0.4 is 5.56 Å². The van der Waals surface area contributed by atoms with E-state index in [1.807, 2.05) is 6.92 Å². The summed E-state index contributed by atoms with van der Waals surface area (Å²) in [6, 6.07) is 0. The Morgan fingerprint density at radius 2 is 2.20 bits per heavy atom. The van der Waals surface area contributed by atoms with Crippen molar-refractivity contribution in [2.75, 3.05) is 0 Å². The SMILES string of the molecule is CCCc1ncc(C(=O)O)c(=O)n1CC. The van der Waals surface area contributed by atoms with Crippen molar-refractivity contribution in [2.24, 2.45) is 0 Å². The van der Waals surface area contributed by atoms with Crippen LogP contribution in [0.25, 0.3) is 0 Å². The van der Waals surface area contributed by atoms with Crippen molar-refractivity contribution in [3.8, 4) is 0 Å². The minimum Gasteiger partial charge on any atom is -0.477 e. The van der Waals surface area contributed by atoms with E-state index in [0.717, 1.165) is 12.6 Å². The number of aryl methyl sites for hydroxylation is 1. The number of hydrogen-bond donors (Lipinski definition) is 1. The normalized spacial score (nSPS) is 10.3. The van der Waals surface area contributed by atoms with E-state index in [9.17, 15) is 9.59 Å². The van der Waals surface area contributed by atoms with Crippen molar-refractivity contribution in [2.45, 2.75) is 33.2 Å². The van der Waals surface area contributed by atoms with Crippen LogP contribution in [0.5, 0.6) is 0 Å². The van der Waals surface area contributed by atoms with Gasteiger partial charge in [0.25, 0.3) is 5.56 Å². The van der Waals surface area contributed by atoms with Gasteiger partial charge < -0.3 is 5.11 Å². The van der Waals surface area contributed by atoms with Crippen molar-refractivity contribution in [3.05, 3.63) is 27.9 Å². The molecule has 0 fully saturated rings. The highest BCUT2D eigenvalue weighted by Crippen LogP contribution is 1.99. The maximum absolute atomic E-state index is 11.7. The highest BCUT2D eigenvalue weighted by Gasteiger charge is 2.13. The first-order valence-corrected chi connectivity index (χ1v) is 4.93. The van der Waals surface area contributed by atoms with Crippen LogP contribution in [0, 0.1) is 0 Å². The van der Waals surface area contributed by atoms with Gasteiger partial charge in [-0.1, -0.05) is 6.92 Å². The third kappa shape index (κ3) is 2.23. The van der Waals surface area contributed by atoms with E-state index in [1.165, 1.54) is 4.57 Å². The Morgan fingerprint density at radius 3 is 2.67 bits per heavy atom. The first-order chi connectivity index (χ1) is 7.11. The fraction of sp³-hybridized carbons (Fsp3) is 0.500. The van der Waals surface area contributed by atoms with Gasteiger partial charge >= 0.3 is 5.97 Å². The number of aromatic carboxylic acids is 1. The van der Waals surface area contributed by atoms with Gasteiger partial charge in [0, 0.05) is 19.2 Å². The molecule has 0 aliphatic rings. The van der Waals surface area contributed by atoms with E-state index in [4.69, 9.17) is 5.11 Å². The van der Waals surface area contributed by atoms with Gasteiger partial charge in [0.1, 0.15) is 11.4 Å². The van der Waals surface area contributed by atoms with Gasteiger partial charge in [0.05, 0.1) is 0 Å². The number of carbonyl (C=O) groups is 1. The van der Waals surface area contributed by atoms with Crippen molar-refractivity contribution in [1.82, 2.24) is 9.55 Å². The summed E-state index contributed by atoms with van der Waals surface area (Å²) in [6.45, 7) is 4.23. The van der Waals surface area contributed by atoms with Crippen LogP contribution in [0.3, 0.4) is 0 Å². The zero-order valence-corrected chi connectivity index (χ0v) is 8.86. The van der Waals surface area contributed by atoms with Crippen LogP contribution in [0.1, 0.15) is 36.5 Å². The molecule has 1 heterocycles. The van der Waals surface area contributed by atoms with Gasteiger partial charge in [-0.15, -0.1) is 0 Å². The van der Waals surface area contributed by atoms with E-state index >= 15 is 0 Å². The summed E-state index contributed by atoms with van der Waals surface area (Å²) >= 11 is 0. The Kier molecular flexibility index (Phi) is 3.60. The van der Waals surface area contributed by atoms with Gasteiger partial charge in [-0.3, -0.25) is 9.36 Å². The summed E-state index contributed by atoms with van der Waals surface area (Å²) in [6.07, 6.45) is 2.70. The summed E-state index contributed by atoms with van der Waals surface area (Å²) in [5.41, 5.74) is -0.736. The molecule has 0 aliphatic carbocycles. The molecule has 0 bridgehead atoms. The predicted octanol–water partition coefficient (Wildman–Crippen LogP) is 0.914. The number of aromatic nitrogens is 2. The van der Waals surface area contributed by atoms with Gasteiger partial charge in [0.2, 0.25) is 0 Å². The number of carboxylic acids is 1. The lowest BCUT2D eigenvalue weighted by Crippen LogP contribution is -2.29. The summed E-state index contributed by atoms with van der Waals surface area (Å²) in [5, 5.41) is 8.75. The largest absolute Gasteiger partial charge is 0.477 e. The molecule has 5 nitrogen and oxygen atoms in total. The lowest BCUT2D eigenvalue weighted by Gasteiger charge is -2.09. The topological polar surface area (TPSA) is 72.2 Å². The molecule has 0 saturated heterocycles. The van der Waals surface area contributed by atoms with Crippen LogP contribution in [0.15, 0.2) is 11.0 Å². The maximum Gasteiger partial charge on any atom is 0.342 e. The molecule has 1 aromatic heterocycles. The molecule has 0 aromatic carbocycles. The molecule has 1 N–H and O–H groups in total. The Labute approximate surface area is 87.4 Å². The molecule has 0 radical (unpaired) electrons. The monoisotopic (exact) mass is 210 g/mol. The molecule has 0 saturated carbocycles. The summed E-state index contributed by atoms with van der Waals surface area (Å²) < 4.78 is 1.41. The number of hydrogen-bond acceptors (Lipinski definition) is 3. The fourth-order valence-corrected chi connectivity index (χ4v) is 1.42. The Balaban J connectivity index is 3.33. The third-order valence-corrected chi connectivity index (χ3v) is 2.15. The molecule has 15 heavy (non-hydrogen) atoms. The fourth-order valence-electron chi connectivity index (χ4n) is 1.42. The zero-order chi connectivity index (χ0) is 11.4. The van der Waals surface area contributed by atoms with Gasteiger partial charge in [-0.05, 0) is 13.3 Å². The van der Waals surface area contributed by atoms with E-state index in [0.29, 0.717) is 18.8 Å². The average molecular weight is 210 g/mol. The lowest BCUT2D eigenvalue weighted by molar-refractivity contribution is 0.0693. The third-order valence-electron chi connectivity index (χ3n) is 2.15. The van der Waals surface area contributed by atoms with Crippen LogP contribution in [-0.2, 0) is 13.0 Å². The van der Waals surface area contributed by atoms with Crippen LogP contribution >= 0.6 is 0 Å². The number of nitrogens with zero attached hydrogens (tertiary/aromatic N) is 2. The van der Waals surface area contributed by atoms with Gasteiger partial charge in [0.15, 0.2) is 0 Å². The van der Waals surface area contributed by atoms with E-state index < -0.39 is 11.5 Å². The molecule has 1 aromatic rings. The second-order valence-corrected chi connectivity index (χ2v) is 3.19. The molecule has 5 heteroatoms. The molecule has 0 atom stereocenters. The molecule has 0 amide bonds. The van der Waals surface area contributed by atoms with Crippen LogP contribution in [0.4, 0.5) is 0 Å². The quantitative estimate of drug-likeness (QED) is 0.801. The van der Waals surface area contributed by atoms with Crippen molar-refractivity contribution >= 4 is 5.97 Å². The van der Waals surface area contributed by atoms with Crippen molar-refractivity contribution in [3.63, 3.8) is 0 Å². The second-order valence-electron chi connectivity index (χ2n) is 3.19. The maximum atomic E-state index is 11.7. The average Bonchev–Trinajstić information content (AvgIpc) is 2.18. The first-order valence-electron chi connectivity index (χ1n) is 4.93. The number of carboxylic acid groups (broad SMARTS) is 1. The first kappa shape index (κ1) is 11.4. The highest BCUT2D eigenvalue weighted by atomic mass is 16.4. The zero-order valence-electron chi connectivity index (χ0n) is 8.86. The Morgan fingerprint density at radius 1 is 1.53 bits per heavy atom. The highest BCUT2D eigenvalue weighted by molar-refractivity contribution is 5.86. The Hall–Kier alpha value is -1.65. The predicted molar refractivity (Wildman–Crippen MR) is 55.1 cm³/mol. The van der Waals surface area contributed by atoms with Crippen molar-refractivity contribution in [1.29, 1.82) is 0 Å². The minimum atomic E-state index is -1.22. The van der Waals surface area contributed by atoms with E-state index in [2.05, 4.69) is 4.98 Å². The summed E-state index contributed by atoms with van der Waals surface area (Å²) in [5.74, 6) is -0.576. The number of rotatable bonds is 4. The summed E-state index contributed by atoms with van der Waals surface area (Å²) in [4.78, 5) is 26.4. The molecule has 82 valence electrons. The lowest BCUT2D eigenvalue weighted by atomic mass is 10.2. The minimum absolute atomic E-state index is 0.267. The second kappa shape index (κ2) is 4.72. The molecule has 1 rings (SSSR count). The van der Waals surface area contributed by atoms with Crippen LogP contribution in [0.2, 0.25) is 0 Å².